The molecule has 1 heterocycles. The molecule has 1 aliphatic rings. The van der Waals surface area contributed by atoms with E-state index in [1.54, 1.807) is 17.1 Å². The molecule has 0 saturated carbocycles. The molecule has 3 N–H and O–H groups in total. The zero-order valence-electron chi connectivity index (χ0n) is 15.0. The smallest absolute Gasteiger partial charge is 0.319 e. The SMILES string of the molecule is CC(C)(C)n1cc(NC(=O)NCC2(O)CCCc3ccccc32)cn1. The Balaban J connectivity index is 1.62. The monoisotopic (exact) mass is 342 g/mol. The lowest BCUT2D eigenvalue weighted by atomic mass is 9.79. The van der Waals surface area contributed by atoms with E-state index in [0.29, 0.717) is 12.1 Å². The Morgan fingerprint density at radius 3 is 2.84 bits per heavy atom. The average molecular weight is 342 g/mol. The van der Waals surface area contributed by atoms with Crippen LogP contribution >= 0.6 is 0 Å². The standard InChI is InChI=1S/C19H26N4O2/c1-18(2,3)23-12-15(11-21-23)22-17(24)20-13-19(25)10-6-8-14-7-4-5-9-16(14)19/h4-5,7,9,11-12,25H,6,8,10,13H2,1-3H3,(H2,20,22,24). The largest absolute Gasteiger partial charge is 0.383 e. The van der Waals surface area contributed by atoms with Gasteiger partial charge in [-0.05, 0) is 51.2 Å². The van der Waals surface area contributed by atoms with Gasteiger partial charge < -0.3 is 15.7 Å². The van der Waals surface area contributed by atoms with Crippen molar-refractivity contribution in [2.24, 2.45) is 0 Å². The van der Waals surface area contributed by atoms with Gasteiger partial charge in [-0.15, -0.1) is 0 Å². The van der Waals surface area contributed by atoms with Gasteiger partial charge in [-0.1, -0.05) is 24.3 Å². The highest BCUT2D eigenvalue weighted by Gasteiger charge is 2.34. The second kappa shape index (κ2) is 6.52. The molecular weight excluding hydrogens is 316 g/mol. The molecule has 6 nitrogen and oxygen atoms in total. The zero-order valence-corrected chi connectivity index (χ0v) is 15.0. The molecule has 134 valence electrons. The van der Waals surface area contributed by atoms with E-state index in [1.165, 1.54) is 0 Å². The summed E-state index contributed by atoms with van der Waals surface area (Å²) in [7, 11) is 0. The normalized spacial score (nSPS) is 20.0. The third kappa shape index (κ3) is 3.85. The summed E-state index contributed by atoms with van der Waals surface area (Å²) in [5.74, 6) is 0. The summed E-state index contributed by atoms with van der Waals surface area (Å²) in [6.45, 7) is 6.31. The molecule has 1 atom stereocenters. The molecule has 0 spiro atoms. The van der Waals surface area contributed by atoms with Crippen LogP contribution in [0.3, 0.4) is 0 Å². The van der Waals surface area contributed by atoms with Crippen LogP contribution in [0.1, 0.15) is 44.7 Å². The van der Waals surface area contributed by atoms with Crippen LogP contribution in [0.4, 0.5) is 10.5 Å². The second-order valence-electron chi connectivity index (χ2n) is 7.69. The summed E-state index contributed by atoms with van der Waals surface area (Å²) in [6.07, 6.45) is 5.94. The fraction of sp³-hybridized carbons (Fsp3) is 0.474. The highest BCUT2D eigenvalue weighted by molar-refractivity contribution is 5.88. The van der Waals surface area contributed by atoms with Crippen molar-refractivity contribution in [1.29, 1.82) is 0 Å². The van der Waals surface area contributed by atoms with E-state index >= 15 is 0 Å². The Kier molecular flexibility index (Phi) is 4.56. The average Bonchev–Trinajstić information content (AvgIpc) is 3.02. The third-order valence-corrected chi connectivity index (χ3v) is 4.62. The summed E-state index contributed by atoms with van der Waals surface area (Å²) in [4.78, 5) is 12.2. The predicted octanol–water partition coefficient (Wildman–Crippen LogP) is 2.98. The minimum Gasteiger partial charge on any atom is -0.383 e. The molecule has 0 bridgehead atoms. The summed E-state index contributed by atoms with van der Waals surface area (Å²) in [6, 6.07) is 7.56. The number of carbonyl (C=O) groups is 1. The second-order valence-corrected chi connectivity index (χ2v) is 7.69. The first kappa shape index (κ1) is 17.5. The zero-order chi connectivity index (χ0) is 18.1. The van der Waals surface area contributed by atoms with Crippen LogP contribution in [-0.2, 0) is 17.6 Å². The Hall–Kier alpha value is -2.34. The maximum Gasteiger partial charge on any atom is 0.319 e. The van der Waals surface area contributed by atoms with Crippen LogP contribution in [-0.4, -0.2) is 27.5 Å². The lowest BCUT2D eigenvalue weighted by molar-refractivity contribution is 0.0221. The number of aliphatic hydroxyl groups is 1. The van der Waals surface area contributed by atoms with Crippen LogP contribution in [0.5, 0.6) is 0 Å². The number of aromatic nitrogens is 2. The van der Waals surface area contributed by atoms with Gasteiger partial charge in [0.15, 0.2) is 0 Å². The van der Waals surface area contributed by atoms with E-state index in [1.807, 2.05) is 45.0 Å². The fourth-order valence-electron chi connectivity index (χ4n) is 3.24. The first-order chi connectivity index (χ1) is 11.8. The van der Waals surface area contributed by atoms with E-state index in [2.05, 4.69) is 15.7 Å². The number of hydrogen-bond acceptors (Lipinski definition) is 3. The topological polar surface area (TPSA) is 79.2 Å². The van der Waals surface area contributed by atoms with Crippen molar-refractivity contribution < 1.29 is 9.90 Å². The van der Waals surface area contributed by atoms with Gasteiger partial charge in [0.05, 0.1) is 24.0 Å². The number of carbonyl (C=O) groups excluding carboxylic acids is 1. The molecule has 2 amide bonds. The Morgan fingerprint density at radius 1 is 1.36 bits per heavy atom. The molecule has 1 aliphatic carbocycles. The molecule has 25 heavy (non-hydrogen) atoms. The lowest BCUT2D eigenvalue weighted by Gasteiger charge is -2.34. The van der Waals surface area contributed by atoms with E-state index < -0.39 is 5.60 Å². The van der Waals surface area contributed by atoms with E-state index in [0.717, 1.165) is 24.0 Å². The molecular formula is C19H26N4O2. The number of hydrogen-bond donors (Lipinski definition) is 3. The van der Waals surface area contributed by atoms with Crippen molar-refractivity contribution in [3.05, 3.63) is 47.8 Å². The number of anilines is 1. The quantitative estimate of drug-likeness (QED) is 0.802. The van der Waals surface area contributed by atoms with Crippen LogP contribution in [0.25, 0.3) is 0 Å². The van der Waals surface area contributed by atoms with Crippen molar-refractivity contribution in [3.63, 3.8) is 0 Å². The number of nitrogens with one attached hydrogen (secondary N) is 2. The van der Waals surface area contributed by atoms with Gasteiger partial charge in [-0.3, -0.25) is 4.68 Å². The molecule has 1 unspecified atom stereocenters. The summed E-state index contributed by atoms with van der Waals surface area (Å²) in [5.41, 5.74) is 1.55. The molecule has 0 fully saturated rings. The molecule has 0 aliphatic heterocycles. The number of fused-ring (bicyclic) bond motifs is 1. The highest BCUT2D eigenvalue weighted by atomic mass is 16.3. The van der Waals surface area contributed by atoms with Gasteiger partial charge in [0.1, 0.15) is 5.60 Å². The number of urea groups is 1. The number of amides is 2. The summed E-state index contributed by atoms with van der Waals surface area (Å²) in [5, 5.41) is 20.8. The first-order valence-corrected chi connectivity index (χ1v) is 8.69. The Labute approximate surface area is 148 Å². The molecule has 6 heteroatoms. The predicted molar refractivity (Wildman–Crippen MR) is 97.5 cm³/mol. The van der Waals surface area contributed by atoms with Crippen molar-refractivity contribution >= 4 is 11.7 Å². The van der Waals surface area contributed by atoms with E-state index in [9.17, 15) is 9.90 Å². The van der Waals surface area contributed by atoms with Crippen LogP contribution < -0.4 is 10.6 Å². The van der Waals surface area contributed by atoms with Gasteiger partial charge >= 0.3 is 6.03 Å². The maximum atomic E-state index is 12.2. The van der Waals surface area contributed by atoms with Gasteiger partial charge in [0.2, 0.25) is 0 Å². The maximum absolute atomic E-state index is 12.2. The molecule has 1 aromatic heterocycles. The van der Waals surface area contributed by atoms with Gasteiger partial charge in [-0.25, -0.2) is 4.79 Å². The lowest BCUT2D eigenvalue weighted by Crippen LogP contribution is -2.44. The third-order valence-electron chi connectivity index (χ3n) is 4.62. The Morgan fingerprint density at radius 2 is 2.12 bits per heavy atom. The van der Waals surface area contributed by atoms with Gasteiger partial charge in [0, 0.05) is 6.20 Å². The van der Waals surface area contributed by atoms with Crippen molar-refractivity contribution in [2.45, 2.75) is 51.2 Å². The van der Waals surface area contributed by atoms with Crippen LogP contribution in [0.15, 0.2) is 36.7 Å². The molecule has 0 saturated heterocycles. The van der Waals surface area contributed by atoms with Crippen molar-refractivity contribution in [1.82, 2.24) is 15.1 Å². The molecule has 1 aromatic carbocycles. The van der Waals surface area contributed by atoms with E-state index in [-0.39, 0.29) is 18.1 Å². The van der Waals surface area contributed by atoms with Crippen molar-refractivity contribution in [2.75, 3.05) is 11.9 Å². The number of nitrogens with zero attached hydrogens (tertiary/aromatic N) is 2. The van der Waals surface area contributed by atoms with E-state index in [4.69, 9.17) is 0 Å². The highest BCUT2D eigenvalue weighted by Crippen LogP contribution is 2.34. The minimum atomic E-state index is -1.01. The van der Waals surface area contributed by atoms with Crippen LogP contribution in [0.2, 0.25) is 0 Å². The van der Waals surface area contributed by atoms with Gasteiger partial charge in [-0.2, -0.15) is 5.10 Å². The van der Waals surface area contributed by atoms with Gasteiger partial charge in [0.25, 0.3) is 0 Å². The molecule has 2 aromatic rings. The number of benzene rings is 1. The van der Waals surface area contributed by atoms with Crippen molar-refractivity contribution in [3.8, 4) is 0 Å². The molecule has 3 rings (SSSR count). The minimum absolute atomic E-state index is 0.141. The number of rotatable bonds is 3. The number of aryl methyl sites for hydroxylation is 1. The Bertz CT molecular complexity index is 763. The summed E-state index contributed by atoms with van der Waals surface area (Å²) < 4.78 is 1.80. The van der Waals surface area contributed by atoms with Crippen LogP contribution in [0, 0.1) is 0 Å². The fourth-order valence-corrected chi connectivity index (χ4v) is 3.24. The molecule has 0 radical (unpaired) electrons. The summed E-state index contributed by atoms with van der Waals surface area (Å²) >= 11 is 0. The first-order valence-electron chi connectivity index (χ1n) is 8.69.